The van der Waals surface area contributed by atoms with Gasteiger partial charge in [-0.05, 0) is 36.6 Å². The highest BCUT2D eigenvalue weighted by Gasteiger charge is 2.15. The lowest BCUT2D eigenvalue weighted by Crippen LogP contribution is -2.11. The Hall–Kier alpha value is -1.35. The lowest BCUT2D eigenvalue weighted by atomic mass is 9.95. The molecule has 0 bridgehead atoms. The van der Waals surface area contributed by atoms with Crippen LogP contribution in [-0.4, -0.2) is 16.9 Å². The lowest BCUT2D eigenvalue weighted by molar-refractivity contribution is -0.137. The molecule has 0 amide bonds. The van der Waals surface area contributed by atoms with E-state index in [1.165, 1.54) is 0 Å². The van der Waals surface area contributed by atoms with Crippen LogP contribution in [0, 0.1) is 12.8 Å². The number of hydrogen-bond acceptors (Lipinski definition) is 2. The molecule has 1 aromatic carbocycles. The third kappa shape index (κ3) is 4.19. The Morgan fingerprint density at radius 2 is 2.00 bits per heavy atom. The third-order valence-corrected chi connectivity index (χ3v) is 2.78. The number of benzene rings is 1. The standard InChI is InChI=1S/C13H15ClO3/c1-8(6-13(16)17)5-12(15)11-4-3-10(14)7-9(11)2/h3-4,7-8H,5-6H2,1-2H3,(H,16,17)/t8-/m0/s1. The zero-order chi connectivity index (χ0) is 13.0. The minimum Gasteiger partial charge on any atom is -0.481 e. The minimum absolute atomic E-state index is 0.0123. The lowest BCUT2D eigenvalue weighted by Gasteiger charge is -2.09. The van der Waals surface area contributed by atoms with Crippen LogP contribution in [0.15, 0.2) is 18.2 Å². The molecule has 1 atom stereocenters. The molecule has 0 saturated heterocycles. The first-order valence-corrected chi connectivity index (χ1v) is 5.79. The first kappa shape index (κ1) is 13.7. The van der Waals surface area contributed by atoms with E-state index in [1.807, 2.05) is 6.92 Å². The minimum atomic E-state index is -0.877. The van der Waals surface area contributed by atoms with Gasteiger partial charge in [0.2, 0.25) is 0 Å². The van der Waals surface area contributed by atoms with Gasteiger partial charge in [0.25, 0.3) is 0 Å². The highest BCUT2D eigenvalue weighted by Crippen LogP contribution is 2.19. The van der Waals surface area contributed by atoms with E-state index < -0.39 is 5.97 Å². The fourth-order valence-corrected chi connectivity index (χ4v) is 1.96. The molecule has 17 heavy (non-hydrogen) atoms. The zero-order valence-corrected chi connectivity index (χ0v) is 10.6. The number of carbonyl (C=O) groups excluding carboxylic acids is 1. The molecule has 0 aliphatic heterocycles. The average Bonchev–Trinajstić information content (AvgIpc) is 2.15. The van der Waals surface area contributed by atoms with E-state index in [1.54, 1.807) is 25.1 Å². The summed E-state index contributed by atoms with van der Waals surface area (Å²) in [5.74, 6) is -1.07. The molecule has 1 N–H and O–H groups in total. The van der Waals surface area contributed by atoms with Gasteiger partial charge >= 0.3 is 5.97 Å². The second-order valence-electron chi connectivity index (χ2n) is 4.29. The van der Waals surface area contributed by atoms with Gasteiger partial charge in [-0.15, -0.1) is 0 Å². The molecule has 1 aromatic rings. The van der Waals surface area contributed by atoms with Gasteiger partial charge in [-0.2, -0.15) is 0 Å². The molecule has 0 spiro atoms. The van der Waals surface area contributed by atoms with Crippen LogP contribution in [0.5, 0.6) is 0 Å². The van der Waals surface area contributed by atoms with E-state index in [0.29, 0.717) is 10.6 Å². The molecule has 0 heterocycles. The fraction of sp³-hybridized carbons (Fsp3) is 0.385. The van der Waals surface area contributed by atoms with Crippen LogP contribution in [-0.2, 0) is 4.79 Å². The van der Waals surface area contributed by atoms with E-state index >= 15 is 0 Å². The van der Waals surface area contributed by atoms with Crippen molar-refractivity contribution in [2.45, 2.75) is 26.7 Å². The predicted molar refractivity (Wildman–Crippen MR) is 66.6 cm³/mol. The van der Waals surface area contributed by atoms with Gasteiger partial charge in [-0.1, -0.05) is 18.5 Å². The van der Waals surface area contributed by atoms with Crippen LogP contribution in [0.3, 0.4) is 0 Å². The van der Waals surface area contributed by atoms with Crippen LogP contribution in [0.25, 0.3) is 0 Å². The van der Waals surface area contributed by atoms with Crippen molar-refractivity contribution in [3.05, 3.63) is 34.3 Å². The fourth-order valence-electron chi connectivity index (χ4n) is 1.74. The van der Waals surface area contributed by atoms with Crippen molar-refractivity contribution in [1.82, 2.24) is 0 Å². The second-order valence-corrected chi connectivity index (χ2v) is 4.73. The summed E-state index contributed by atoms with van der Waals surface area (Å²) in [7, 11) is 0. The largest absolute Gasteiger partial charge is 0.481 e. The molecule has 0 aliphatic rings. The van der Waals surface area contributed by atoms with Crippen LogP contribution in [0.2, 0.25) is 5.02 Å². The average molecular weight is 255 g/mol. The maximum Gasteiger partial charge on any atom is 0.303 e. The van der Waals surface area contributed by atoms with Gasteiger partial charge in [0, 0.05) is 23.4 Å². The number of hydrogen-bond donors (Lipinski definition) is 1. The summed E-state index contributed by atoms with van der Waals surface area (Å²) < 4.78 is 0. The number of aliphatic carboxylic acids is 1. The number of aryl methyl sites for hydroxylation is 1. The summed E-state index contributed by atoms with van der Waals surface area (Å²) in [6.07, 6.45) is 0.257. The van der Waals surface area contributed by atoms with E-state index in [-0.39, 0.29) is 24.5 Å². The summed E-state index contributed by atoms with van der Waals surface area (Å²) in [5.41, 5.74) is 1.44. The van der Waals surface area contributed by atoms with Crippen molar-refractivity contribution >= 4 is 23.4 Å². The molecule has 0 aromatic heterocycles. The van der Waals surface area contributed by atoms with Crippen molar-refractivity contribution in [1.29, 1.82) is 0 Å². The van der Waals surface area contributed by atoms with Crippen molar-refractivity contribution in [2.24, 2.45) is 5.92 Å². The topological polar surface area (TPSA) is 54.4 Å². The maximum atomic E-state index is 11.9. The SMILES string of the molecule is Cc1cc(Cl)ccc1C(=O)C[C@H](C)CC(=O)O. The van der Waals surface area contributed by atoms with E-state index in [4.69, 9.17) is 16.7 Å². The van der Waals surface area contributed by atoms with Crippen LogP contribution in [0.4, 0.5) is 0 Å². The first-order valence-electron chi connectivity index (χ1n) is 5.41. The molecular formula is C13H15ClO3. The van der Waals surface area contributed by atoms with Crippen LogP contribution >= 0.6 is 11.6 Å². The Labute approximate surface area is 105 Å². The molecule has 1 rings (SSSR count). The van der Waals surface area contributed by atoms with E-state index in [0.717, 1.165) is 5.56 Å². The van der Waals surface area contributed by atoms with Crippen LogP contribution in [0.1, 0.15) is 35.7 Å². The highest BCUT2D eigenvalue weighted by molar-refractivity contribution is 6.30. The molecule has 0 saturated carbocycles. The zero-order valence-electron chi connectivity index (χ0n) is 9.87. The highest BCUT2D eigenvalue weighted by atomic mass is 35.5. The predicted octanol–water partition coefficient (Wildman–Crippen LogP) is 3.33. The molecule has 3 nitrogen and oxygen atoms in total. The monoisotopic (exact) mass is 254 g/mol. The molecular weight excluding hydrogens is 240 g/mol. The van der Waals surface area contributed by atoms with Gasteiger partial charge in [0.05, 0.1) is 0 Å². The summed E-state index contributed by atoms with van der Waals surface area (Å²) in [6.45, 7) is 3.58. The van der Waals surface area contributed by atoms with Gasteiger partial charge < -0.3 is 5.11 Å². The summed E-state index contributed by atoms with van der Waals surface area (Å²) in [5, 5.41) is 9.22. The van der Waals surface area contributed by atoms with Crippen LogP contribution < -0.4 is 0 Å². The summed E-state index contributed by atoms with van der Waals surface area (Å²) in [4.78, 5) is 22.4. The van der Waals surface area contributed by atoms with Gasteiger partial charge in [-0.3, -0.25) is 9.59 Å². The maximum absolute atomic E-state index is 11.9. The number of ketones is 1. The normalized spacial score (nSPS) is 12.2. The Morgan fingerprint density at radius 3 is 2.53 bits per heavy atom. The molecule has 0 fully saturated rings. The number of carbonyl (C=O) groups is 2. The number of rotatable bonds is 5. The number of carboxylic acids is 1. The number of carboxylic acid groups (broad SMARTS) is 1. The molecule has 4 heteroatoms. The van der Waals surface area contributed by atoms with E-state index in [2.05, 4.69) is 0 Å². The number of Topliss-reactive ketones (excluding diaryl/α,β-unsaturated/α-hetero) is 1. The molecule has 0 unspecified atom stereocenters. The Balaban J connectivity index is 2.73. The summed E-state index contributed by atoms with van der Waals surface area (Å²) in [6, 6.07) is 5.09. The van der Waals surface area contributed by atoms with Gasteiger partial charge in [0.15, 0.2) is 5.78 Å². The number of halogens is 1. The molecule has 0 aliphatic carbocycles. The Bertz CT molecular complexity index is 440. The Morgan fingerprint density at radius 1 is 1.35 bits per heavy atom. The smallest absolute Gasteiger partial charge is 0.303 e. The molecule has 0 radical (unpaired) electrons. The third-order valence-electron chi connectivity index (χ3n) is 2.55. The first-order chi connectivity index (χ1) is 7.90. The van der Waals surface area contributed by atoms with Gasteiger partial charge in [-0.25, -0.2) is 0 Å². The van der Waals surface area contributed by atoms with Crippen molar-refractivity contribution in [3.8, 4) is 0 Å². The van der Waals surface area contributed by atoms with Crippen molar-refractivity contribution in [2.75, 3.05) is 0 Å². The van der Waals surface area contributed by atoms with Gasteiger partial charge in [0.1, 0.15) is 0 Å². The summed E-state index contributed by atoms with van der Waals surface area (Å²) >= 11 is 5.81. The van der Waals surface area contributed by atoms with Crippen molar-refractivity contribution < 1.29 is 14.7 Å². The molecule has 92 valence electrons. The Kier molecular flexibility index (Phi) is 4.70. The quantitative estimate of drug-likeness (QED) is 0.820. The van der Waals surface area contributed by atoms with Crippen molar-refractivity contribution in [3.63, 3.8) is 0 Å². The second kappa shape index (κ2) is 5.82. The van der Waals surface area contributed by atoms with E-state index in [9.17, 15) is 9.59 Å².